The zero-order chi connectivity index (χ0) is 15.2. The van der Waals surface area contributed by atoms with Crippen LogP contribution >= 0.6 is 11.6 Å². The lowest BCUT2D eigenvalue weighted by Gasteiger charge is -2.06. The van der Waals surface area contributed by atoms with Crippen molar-refractivity contribution in [3.05, 3.63) is 35.0 Å². The number of nitrogens with zero attached hydrogens (tertiary/aromatic N) is 1. The van der Waals surface area contributed by atoms with Gasteiger partial charge in [-0.3, -0.25) is 4.79 Å². The molecule has 0 saturated carbocycles. The second-order valence-corrected chi connectivity index (χ2v) is 5.48. The molecule has 1 heterocycles. The molecule has 0 spiro atoms. The van der Waals surface area contributed by atoms with Crippen LogP contribution in [-0.2, 0) is 22.6 Å². The van der Waals surface area contributed by atoms with E-state index < -0.39 is 0 Å². The second-order valence-electron chi connectivity index (χ2n) is 5.05. The molecule has 1 N–H and O–H groups in total. The number of rotatable bonds is 7. The molecule has 2 aromatic rings. The number of ether oxygens (including phenoxy) is 1. The van der Waals surface area contributed by atoms with Gasteiger partial charge in [-0.2, -0.15) is 0 Å². The van der Waals surface area contributed by atoms with Crippen molar-refractivity contribution in [1.29, 1.82) is 0 Å². The first-order chi connectivity index (χ1) is 10.2. The SMILES string of the molecule is CCCCOC(=O)Cn1cc(CNC)c2ccc(Cl)cc21. The van der Waals surface area contributed by atoms with Gasteiger partial charge in [-0.15, -0.1) is 0 Å². The second kappa shape index (κ2) is 7.48. The summed E-state index contributed by atoms with van der Waals surface area (Å²) in [5, 5.41) is 4.91. The van der Waals surface area contributed by atoms with Crippen molar-refractivity contribution < 1.29 is 9.53 Å². The van der Waals surface area contributed by atoms with Crippen LogP contribution < -0.4 is 5.32 Å². The van der Waals surface area contributed by atoms with Crippen LogP contribution in [0, 0.1) is 0 Å². The molecule has 0 aliphatic carbocycles. The van der Waals surface area contributed by atoms with Gasteiger partial charge in [0.2, 0.25) is 0 Å². The molecule has 2 rings (SSSR count). The number of nitrogens with one attached hydrogen (secondary N) is 1. The van der Waals surface area contributed by atoms with Crippen molar-refractivity contribution in [2.24, 2.45) is 0 Å². The molecule has 4 nitrogen and oxygen atoms in total. The summed E-state index contributed by atoms with van der Waals surface area (Å²) in [6.45, 7) is 3.51. The first kappa shape index (κ1) is 15.9. The van der Waals surface area contributed by atoms with Gasteiger partial charge in [0.25, 0.3) is 0 Å². The molecular weight excluding hydrogens is 288 g/mol. The van der Waals surface area contributed by atoms with Gasteiger partial charge in [0.15, 0.2) is 0 Å². The summed E-state index contributed by atoms with van der Waals surface area (Å²) < 4.78 is 7.13. The summed E-state index contributed by atoms with van der Waals surface area (Å²) in [6, 6.07) is 5.74. The van der Waals surface area contributed by atoms with Gasteiger partial charge in [0.05, 0.1) is 12.1 Å². The summed E-state index contributed by atoms with van der Waals surface area (Å²) >= 11 is 6.07. The van der Waals surface area contributed by atoms with E-state index in [4.69, 9.17) is 16.3 Å². The Balaban J connectivity index is 2.22. The highest BCUT2D eigenvalue weighted by Gasteiger charge is 2.12. The van der Waals surface area contributed by atoms with Gasteiger partial charge in [-0.25, -0.2) is 0 Å². The lowest BCUT2D eigenvalue weighted by atomic mass is 10.2. The highest BCUT2D eigenvalue weighted by molar-refractivity contribution is 6.31. The molecule has 0 atom stereocenters. The van der Waals surface area contributed by atoms with E-state index in [1.165, 1.54) is 0 Å². The molecule has 5 heteroatoms. The molecule has 0 aliphatic heterocycles. The fraction of sp³-hybridized carbons (Fsp3) is 0.438. The Morgan fingerprint density at radius 3 is 2.95 bits per heavy atom. The van der Waals surface area contributed by atoms with Crippen LogP contribution in [0.25, 0.3) is 10.9 Å². The molecule has 1 aromatic carbocycles. The Hall–Kier alpha value is -1.52. The molecule has 114 valence electrons. The van der Waals surface area contributed by atoms with Crippen molar-refractivity contribution >= 4 is 28.5 Å². The Morgan fingerprint density at radius 1 is 1.43 bits per heavy atom. The normalized spacial score (nSPS) is 11.0. The molecule has 21 heavy (non-hydrogen) atoms. The number of unbranched alkanes of at least 4 members (excludes halogenated alkanes) is 1. The van der Waals surface area contributed by atoms with E-state index in [1.54, 1.807) is 0 Å². The zero-order valence-electron chi connectivity index (χ0n) is 12.5. The number of hydrogen-bond acceptors (Lipinski definition) is 3. The monoisotopic (exact) mass is 308 g/mol. The number of halogens is 1. The summed E-state index contributed by atoms with van der Waals surface area (Å²) in [4.78, 5) is 11.9. The molecule has 0 amide bonds. The van der Waals surface area contributed by atoms with E-state index in [0.29, 0.717) is 11.6 Å². The molecule has 0 fully saturated rings. The lowest BCUT2D eigenvalue weighted by molar-refractivity contribution is -0.144. The van der Waals surface area contributed by atoms with Crippen LogP contribution in [0.15, 0.2) is 24.4 Å². The van der Waals surface area contributed by atoms with E-state index in [-0.39, 0.29) is 12.5 Å². The Morgan fingerprint density at radius 2 is 2.24 bits per heavy atom. The molecule has 0 saturated heterocycles. The third kappa shape index (κ3) is 3.99. The van der Waals surface area contributed by atoms with E-state index in [0.717, 1.165) is 35.9 Å². The third-order valence-corrected chi connectivity index (χ3v) is 3.59. The van der Waals surface area contributed by atoms with Gasteiger partial charge >= 0.3 is 5.97 Å². The van der Waals surface area contributed by atoms with Crippen molar-refractivity contribution in [3.8, 4) is 0 Å². The average molecular weight is 309 g/mol. The topological polar surface area (TPSA) is 43.3 Å². The van der Waals surface area contributed by atoms with Crippen LogP contribution in [0.1, 0.15) is 25.3 Å². The number of fused-ring (bicyclic) bond motifs is 1. The summed E-state index contributed by atoms with van der Waals surface area (Å²) in [7, 11) is 1.90. The standard InChI is InChI=1S/C16H21ClN2O2/c1-3-4-7-21-16(20)11-19-10-12(9-18-2)14-6-5-13(17)8-15(14)19/h5-6,8,10,18H,3-4,7,9,11H2,1-2H3. The highest BCUT2D eigenvalue weighted by Crippen LogP contribution is 2.25. The largest absolute Gasteiger partial charge is 0.464 e. The van der Waals surface area contributed by atoms with Crippen LogP contribution in [-0.4, -0.2) is 24.2 Å². The Bertz CT molecular complexity index is 622. The molecule has 0 aliphatic rings. The van der Waals surface area contributed by atoms with E-state index in [9.17, 15) is 4.79 Å². The fourth-order valence-corrected chi connectivity index (χ4v) is 2.48. The first-order valence-corrected chi connectivity index (χ1v) is 7.61. The summed E-state index contributed by atoms with van der Waals surface area (Å²) in [6.07, 6.45) is 3.90. The van der Waals surface area contributed by atoms with E-state index in [2.05, 4.69) is 12.2 Å². The number of carbonyl (C=O) groups excluding carboxylic acids is 1. The van der Waals surface area contributed by atoms with Crippen LogP contribution in [0.5, 0.6) is 0 Å². The predicted molar refractivity (Wildman–Crippen MR) is 85.6 cm³/mol. The molecule has 0 unspecified atom stereocenters. The van der Waals surface area contributed by atoms with Crippen molar-refractivity contribution in [2.45, 2.75) is 32.9 Å². The zero-order valence-corrected chi connectivity index (χ0v) is 13.2. The highest BCUT2D eigenvalue weighted by atomic mass is 35.5. The summed E-state index contributed by atoms with van der Waals surface area (Å²) in [5.74, 6) is -0.212. The average Bonchev–Trinajstić information content (AvgIpc) is 2.77. The number of carbonyl (C=O) groups is 1. The smallest absolute Gasteiger partial charge is 0.325 e. The van der Waals surface area contributed by atoms with Gasteiger partial charge < -0.3 is 14.6 Å². The van der Waals surface area contributed by atoms with E-state index in [1.807, 2.05) is 36.0 Å². The maximum atomic E-state index is 11.9. The van der Waals surface area contributed by atoms with Gasteiger partial charge in [-0.05, 0) is 31.2 Å². The minimum Gasteiger partial charge on any atom is -0.464 e. The van der Waals surface area contributed by atoms with Crippen molar-refractivity contribution in [3.63, 3.8) is 0 Å². The van der Waals surface area contributed by atoms with E-state index >= 15 is 0 Å². The number of aromatic nitrogens is 1. The van der Waals surface area contributed by atoms with Gasteiger partial charge in [0, 0.05) is 23.2 Å². The molecule has 1 aromatic heterocycles. The molecule has 0 bridgehead atoms. The molecular formula is C16H21ClN2O2. The lowest BCUT2D eigenvalue weighted by Crippen LogP contribution is -2.13. The number of benzene rings is 1. The van der Waals surface area contributed by atoms with Crippen LogP contribution in [0.2, 0.25) is 5.02 Å². The predicted octanol–water partition coefficient (Wildman–Crippen LogP) is 3.36. The van der Waals surface area contributed by atoms with Crippen molar-refractivity contribution in [1.82, 2.24) is 9.88 Å². The maximum Gasteiger partial charge on any atom is 0.325 e. The van der Waals surface area contributed by atoms with Crippen LogP contribution in [0.4, 0.5) is 0 Å². The minimum atomic E-state index is -0.212. The van der Waals surface area contributed by atoms with Gasteiger partial charge in [-0.1, -0.05) is 31.0 Å². The van der Waals surface area contributed by atoms with Gasteiger partial charge in [0.1, 0.15) is 6.54 Å². The Labute approximate surface area is 130 Å². The first-order valence-electron chi connectivity index (χ1n) is 7.23. The van der Waals surface area contributed by atoms with Crippen molar-refractivity contribution in [2.75, 3.05) is 13.7 Å². The molecule has 0 radical (unpaired) electrons. The van der Waals surface area contributed by atoms with Crippen LogP contribution in [0.3, 0.4) is 0 Å². The fourth-order valence-electron chi connectivity index (χ4n) is 2.32. The number of hydrogen-bond donors (Lipinski definition) is 1. The quantitative estimate of drug-likeness (QED) is 0.630. The number of esters is 1. The third-order valence-electron chi connectivity index (χ3n) is 3.35. The summed E-state index contributed by atoms with van der Waals surface area (Å²) in [5.41, 5.74) is 2.10. The Kier molecular flexibility index (Phi) is 5.65. The minimum absolute atomic E-state index is 0.212. The maximum absolute atomic E-state index is 11.9.